The molecule has 2 rings (SSSR count). The number of methoxy groups -OCH3 is 1. The van der Waals surface area contributed by atoms with Crippen molar-refractivity contribution in [3.63, 3.8) is 0 Å². The van der Waals surface area contributed by atoms with E-state index in [0.29, 0.717) is 5.75 Å². The fraction of sp³-hybridized carbons (Fsp3) is 0.286. The minimum atomic E-state index is -0.650. The zero-order valence-electron chi connectivity index (χ0n) is 10.6. The zero-order valence-corrected chi connectivity index (χ0v) is 10.6. The molecule has 0 unspecified atom stereocenters. The van der Waals surface area contributed by atoms with Crippen LogP contribution < -0.4 is 4.74 Å². The number of benzene rings is 1. The summed E-state index contributed by atoms with van der Waals surface area (Å²) in [4.78, 5) is 15.8. The summed E-state index contributed by atoms with van der Waals surface area (Å²) in [5, 5.41) is 0.982. The second-order valence-electron chi connectivity index (χ2n) is 4.06. The van der Waals surface area contributed by atoms with Crippen LogP contribution in [0.25, 0.3) is 10.9 Å². The molecule has 18 heavy (non-hydrogen) atoms. The fourth-order valence-corrected chi connectivity index (χ4v) is 1.72. The Morgan fingerprint density at radius 1 is 1.28 bits per heavy atom. The van der Waals surface area contributed by atoms with E-state index in [0.717, 1.165) is 16.6 Å². The highest BCUT2D eigenvalue weighted by atomic mass is 16.6. The van der Waals surface area contributed by atoms with E-state index in [4.69, 9.17) is 4.74 Å². The highest BCUT2D eigenvalue weighted by Gasteiger charge is 2.16. The molecule has 1 atom stereocenters. The molecule has 1 aromatic carbocycles. The summed E-state index contributed by atoms with van der Waals surface area (Å²) in [6, 6.07) is 9.55. The zero-order chi connectivity index (χ0) is 13.1. The van der Waals surface area contributed by atoms with Crippen LogP contribution in [-0.4, -0.2) is 24.2 Å². The number of aromatic nitrogens is 1. The van der Waals surface area contributed by atoms with Crippen LogP contribution in [0.1, 0.15) is 12.6 Å². The number of aryl methyl sites for hydroxylation is 1. The van der Waals surface area contributed by atoms with E-state index >= 15 is 0 Å². The van der Waals surface area contributed by atoms with E-state index in [1.165, 1.54) is 7.11 Å². The molecule has 0 aliphatic carbocycles. The van der Waals surface area contributed by atoms with Gasteiger partial charge in [-0.2, -0.15) is 0 Å². The number of fused-ring (bicyclic) bond motifs is 1. The van der Waals surface area contributed by atoms with Crippen molar-refractivity contribution < 1.29 is 14.3 Å². The van der Waals surface area contributed by atoms with E-state index in [1.807, 2.05) is 31.2 Å². The topological polar surface area (TPSA) is 48.4 Å². The molecule has 94 valence electrons. The van der Waals surface area contributed by atoms with Crippen molar-refractivity contribution in [1.82, 2.24) is 4.98 Å². The van der Waals surface area contributed by atoms with E-state index < -0.39 is 12.1 Å². The summed E-state index contributed by atoms with van der Waals surface area (Å²) in [7, 11) is 1.34. The maximum atomic E-state index is 11.4. The summed E-state index contributed by atoms with van der Waals surface area (Å²) < 4.78 is 10.2. The predicted molar refractivity (Wildman–Crippen MR) is 68.6 cm³/mol. The van der Waals surface area contributed by atoms with Gasteiger partial charge >= 0.3 is 5.97 Å². The van der Waals surface area contributed by atoms with Crippen LogP contribution in [0.5, 0.6) is 5.75 Å². The van der Waals surface area contributed by atoms with Gasteiger partial charge in [-0.15, -0.1) is 0 Å². The van der Waals surface area contributed by atoms with Crippen LogP contribution in [0.4, 0.5) is 0 Å². The maximum absolute atomic E-state index is 11.4. The number of para-hydroxylation sites is 1. The number of carbonyl (C=O) groups excluding carboxylic acids is 1. The van der Waals surface area contributed by atoms with Gasteiger partial charge in [-0.3, -0.25) is 0 Å². The second kappa shape index (κ2) is 5.04. The Bertz CT molecular complexity index is 580. The summed E-state index contributed by atoms with van der Waals surface area (Å²) in [5.41, 5.74) is 1.66. The van der Waals surface area contributed by atoms with E-state index in [9.17, 15) is 4.79 Å². The van der Waals surface area contributed by atoms with Gasteiger partial charge in [0, 0.05) is 11.1 Å². The molecule has 0 aliphatic heterocycles. The van der Waals surface area contributed by atoms with Crippen LogP contribution in [0, 0.1) is 6.92 Å². The lowest BCUT2D eigenvalue weighted by Crippen LogP contribution is -2.25. The number of nitrogens with zero attached hydrogens (tertiary/aromatic N) is 1. The van der Waals surface area contributed by atoms with Crippen LogP contribution in [-0.2, 0) is 9.53 Å². The number of carbonyl (C=O) groups is 1. The molecule has 4 heteroatoms. The predicted octanol–water partition coefficient (Wildman–Crippen LogP) is 2.48. The van der Waals surface area contributed by atoms with Crippen LogP contribution in [0.3, 0.4) is 0 Å². The quantitative estimate of drug-likeness (QED) is 0.779. The molecule has 0 bridgehead atoms. The number of esters is 1. The van der Waals surface area contributed by atoms with E-state index in [-0.39, 0.29) is 0 Å². The Morgan fingerprint density at radius 2 is 2.06 bits per heavy atom. The lowest BCUT2D eigenvalue weighted by Gasteiger charge is -2.13. The maximum Gasteiger partial charge on any atom is 0.346 e. The van der Waals surface area contributed by atoms with Gasteiger partial charge in [-0.1, -0.05) is 18.2 Å². The van der Waals surface area contributed by atoms with Crippen molar-refractivity contribution >= 4 is 16.9 Å². The van der Waals surface area contributed by atoms with Crippen LogP contribution in [0.15, 0.2) is 30.3 Å². The third-order valence-electron chi connectivity index (χ3n) is 2.66. The minimum Gasteiger partial charge on any atom is -0.477 e. The normalized spacial score (nSPS) is 12.2. The third kappa shape index (κ3) is 2.42. The second-order valence-corrected chi connectivity index (χ2v) is 4.06. The third-order valence-corrected chi connectivity index (χ3v) is 2.66. The van der Waals surface area contributed by atoms with Gasteiger partial charge in [0.1, 0.15) is 11.3 Å². The Hall–Kier alpha value is -2.10. The molecule has 1 heterocycles. The molecule has 0 N–H and O–H groups in total. The van der Waals surface area contributed by atoms with E-state index in [2.05, 4.69) is 9.72 Å². The summed E-state index contributed by atoms with van der Waals surface area (Å²) in [6.45, 7) is 3.57. The van der Waals surface area contributed by atoms with Gasteiger partial charge in [0.05, 0.1) is 7.11 Å². The van der Waals surface area contributed by atoms with Crippen LogP contribution >= 0.6 is 0 Å². The lowest BCUT2D eigenvalue weighted by atomic mass is 10.2. The van der Waals surface area contributed by atoms with Gasteiger partial charge in [-0.05, 0) is 26.0 Å². The Morgan fingerprint density at radius 3 is 2.78 bits per heavy atom. The average molecular weight is 245 g/mol. The summed E-state index contributed by atoms with van der Waals surface area (Å²) in [6.07, 6.45) is -0.650. The SMILES string of the molecule is COC(=O)[C@H](C)Oc1cccc2ccc(C)nc12. The first-order valence-electron chi connectivity index (χ1n) is 5.72. The van der Waals surface area contributed by atoms with Crippen molar-refractivity contribution in [3.8, 4) is 5.75 Å². The molecular weight excluding hydrogens is 230 g/mol. The monoisotopic (exact) mass is 245 g/mol. The largest absolute Gasteiger partial charge is 0.477 e. The molecule has 0 saturated heterocycles. The standard InChI is InChI=1S/C14H15NO3/c1-9-7-8-11-5-4-6-12(13(11)15-9)18-10(2)14(16)17-3/h4-8,10H,1-3H3/t10-/m0/s1. The number of rotatable bonds is 3. The number of hydrogen-bond donors (Lipinski definition) is 0. The van der Waals surface area contributed by atoms with Gasteiger partial charge in [-0.25, -0.2) is 9.78 Å². The molecule has 1 aromatic heterocycles. The molecule has 0 fully saturated rings. The van der Waals surface area contributed by atoms with Gasteiger partial charge < -0.3 is 9.47 Å². The van der Waals surface area contributed by atoms with Crippen molar-refractivity contribution in [2.45, 2.75) is 20.0 Å². The highest BCUT2D eigenvalue weighted by molar-refractivity contribution is 5.85. The van der Waals surface area contributed by atoms with Crippen LogP contribution in [0.2, 0.25) is 0 Å². The molecule has 0 aliphatic rings. The molecule has 0 saturated carbocycles. The lowest BCUT2D eigenvalue weighted by molar-refractivity contribution is -0.147. The van der Waals surface area contributed by atoms with Gasteiger partial charge in [0.15, 0.2) is 6.10 Å². The molecule has 0 spiro atoms. The van der Waals surface area contributed by atoms with Crippen molar-refractivity contribution in [2.24, 2.45) is 0 Å². The van der Waals surface area contributed by atoms with Crippen molar-refractivity contribution in [3.05, 3.63) is 36.0 Å². The highest BCUT2D eigenvalue weighted by Crippen LogP contribution is 2.24. The molecular formula is C14H15NO3. The molecule has 0 radical (unpaired) electrons. The molecule has 2 aromatic rings. The van der Waals surface area contributed by atoms with Gasteiger partial charge in [0.25, 0.3) is 0 Å². The Balaban J connectivity index is 2.38. The minimum absolute atomic E-state index is 0.403. The van der Waals surface area contributed by atoms with Crippen molar-refractivity contribution in [2.75, 3.05) is 7.11 Å². The summed E-state index contributed by atoms with van der Waals surface area (Å²) >= 11 is 0. The van der Waals surface area contributed by atoms with E-state index in [1.54, 1.807) is 13.0 Å². The first-order chi connectivity index (χ1) is 8.61. The van der Waals surface area contributed by atoms with Crippen molar-refractivity contribution in [1.29, 1.82) is 0 Å². The van der Waals surface area contributed by atoms with Gasteiger partial charge in [0.2, 0.25) is 0 Å². The first kappa shape index (κ1) is 12.4. The smallest absolute Gasteiger partial charge is 0.346 e. The Kier molecular flexibility index (Phi) is 3.46. The average Bonchev–Trinajstić information content (AvgIpc) is 2.38. The Labute approximate surface area is 106 Å². The molecule has 4 nitrogen and oxygen atoms in total. The summed E-state index contributed by atoms with van der Waals surface area (Å²) in [5.74, 6) is 0.189. The number of ether oxygens (including phenoxy) is 2. The number of pyridine rings is 1. The first-order valence-corrected chi connectivity index (χ1v) is 5.72. The molecule has 0 amide bonds. The fourth-order valence-electron chi connectivity index (χ4n) is 1.72. The number of hydrogen-bond acceptors (Lipinski definition) is 4.